The Labute approximate surface area is 88.5 Å². The number of unbranched alkanes of at least 4 members (excludes halogenated alkanes) is 1. The summed E-state index contributed by atoms with van der Waals surface area (Å²) in [5, 5.41) is 0. The SMILES string of the molecule is CC(C)CN(CCCCCl)C(C)C. The molecule has 0 saturated carbocycles. The largest absolute Gasteiger partial charge is 0.301 e. The minimum absolute atomic E-state index is 0.665. The molecule has 0 aliphatic heterocycles. The maximum absolute atomic E-state index is 5.65. The van der Waals surface area contributed by atoms with Crippen LogP contribution in [0.15, 0.2) is 0 Å². The van der Waals surface area contributed by atoms with Crippen LogP contribution in [0.3, 0.4) is 0 Å². The van der Waals surface area contributed by atoms with E-state index in [9.17, 15) is 0 Å². The van der Waals surface area contributed by atoms with Gasteiger partial charge in [-0.2, -0.15) is 0 Å². The van der Waals surface area contributed by atoms with E-state index in [2.05, 4.69) is 32.6 Å². The lowest BCUT2D eigenvalue weighted by molar-refractivity contribution is 0.195. The van der Waals surface area contributed by atoms with Gasteiger partial charge in [-0.1, -0.05) is 13.8 Å². The zero-order valence-electron chi connectivity index (χ0n) is 9.52. The molecule has 0 atom stereocenters. The third-order valence-corrected chi connectivity index (χ3v) is 2.43. The molecule has 0 aromatic carbocycles. The summed E-state index contributed by atoms with van der Waals surface area (Å²) >= 11 is 5.65. The van der Waals surface area contributed by atoms with Gasteiger partial charge < -0.3 is 4.90 Å². The van der Waals surface area contributed by atoms with Gasteiger partial charge in [0.15, 0.2) is 0 Å². The number of nitrogens with zero attached hydrogens (tertiary/aromatic N) is 1. The van der Waals surface area contributed by atoms with Crippen LogP contribution in [0.1, 0.15) is 40.5 Å². The van der Waals surface area contributed by atoms with E-state index in [1.165, 1.54) is 19.5 Å². The highest BCUT2D eigenvalue weighted by molar-refractivity contribution is 6.17. The van der Waals surface area contributed by atoms with E-state index in [-0.39, 0.29) is 0 Å². The van der Waals surface area contributed by atoms with Crippen molar-refractivity contribution in [3.63, 3.8) is 0 Å². The van der Waals surface area contributed by atoms with Crippen LogP contribution in [0.25, 0.3) is 0 Å². The van der Waals surface area contributed by atoms with Crippen molar-refractivity contribution in [2.45, 2.75) is 46.6 Å². The monoisotopic (exact) mass is 205 g/mol. The molecule has 0 spiro atoms. The number of rotatable bonds is 7. The van der Waals surface area contributed by atoms with E-state index in [4.69, 9.17) is 11.6 Å². The molecular formula is C11H24ClN. The smallest absolute Gasteiger partial charge is 0.0223 e. The first-order valence-electron chi connectivity index (χ1n) is 5.38. The maximum Gasteiger partial charge on any atom is 0.0223 e. The molecule has 0 rings (SSSR count). The van der Waals surface area contributed by atoms with Crippen LogP contribution in [0.5, 0.6) is 0 Å². The minimum atomic E-state index is 0.665. The van der Waals surface area contributed by atoms with E-state index < -0.39 is 0 Å². The molecule has 80 valence electrons. The van der Waals surface area contributed by atoms with Gasteiger partial charge in [0.25, 0.3) is 0 Å². The van der Waals surface area contributed by atoms with Gasteiger partial charge in [0.2, 0.25) is 0 Å². The van der Waals surface area contributed by atoms with Crippen molar-refractivity contribution in [3.8, 4) is 0 Å². The van der Waals surface area contributed by atoms with Gasteiger partial charge >= 0.3 is 0 Å². The Morgan fingerprint density at radius 3 is 2.08 bits per heavy atom. The zero-order valence-corrected chi connectivity index (χ0v) is 10.3. The fourth-order valence-corrected chi connectivity index (χ4v) is 1.63. The van der Waals surface area contributed by atoms with Gasteiger partial charge in [-0.25, -0.2) is 0 Å². The van der Waals surface area contributed by atoms with Gasteiger partial charge in [-0.05, 0) is 39.2 Å². The minimum Gasteiger partial charge on any atom is -0.301 e. The average Bonchev–Trinajstić information content (AvgIpc) is 2.02. The number of hydrogen-bond donors (Lipinski definition) is 0. The van der Waals surface area contributed by atoms with Crippen molar-refractivity contribution >= 4 is 11.6 Å². The Morgan fingerprint density at radius 1 is 1.08 bits per heavy atom. The highest BCUT2D eigenvalue weighted by Crippen LogP contribution is 2.06. The second-order valence-corrected chi connectivity index (χ2v) is 4.76. The molecule has 0 aliphatic carbocycles. The topological polar surface area (TPSA) is 3.24 Å². The predicted octanol–water partition coefficient (Wildman–Crippen LogP) is 3.37. The molecule has 0 aliphatic rings. The first-order valence-corrected chi connectivity index (χ1v) is 5.91. The molecule has 0 fully saturated rings. The van der Waals surface area contributed by atoms with E-state index in [0.717, 1.165) is 18.2 Å². The second-order valence-electron chi connectivity index (χ2n) is 4.38. The molecule has 0 N–H and O–H groups in total. The molecule has 0 amide bonds. The molecule has 1 nitrogen and oxygen atoms in total. The molecule has 13 heavy (non-hydrogen) atoms. The van der Waals surface area contributed by atoms with Crippen molar-refractivity contribution in [3.05, 3.63) is 0 Å². The van der Waals surface area contributed by atoms with Crippen molar-refractivity contribution in [1.29, 1.82) is 0 Å². The number of halogens is 1. The van der Waals surface area contributed by atoms with E-state index >= 15 is 0 Å². The molecule has 0 unspecified atom stereocenters. The molecule has 0 aromatic rings. The third-order valence-electron chi connectivity index (χ3n) is 2.16. The number of hydrogen-bond acceptors (Lipinski definition) is 1. The Kier molecular flexibility index (Phi) is 7.78. The molecule has 2 heteroatoms. The van der Waals surface area contributed by atoms with Crippen molar-refractivity contribution < 1.29 is 0 Å². The Balaban J connectivity index is 3.67. The van der Waals surface area contributed by atoms with Gasteiger partial charge in [-0.15, -0.1) is 11.6 Å². The second kappa shape index (κ2) is 7.64. The van der Waals surface area contributed by atoms with E-state index in [1.807, 2.05) is 0 Å². The molecule has 0 aromatic heterocycles. The maximum atomic E-state index is 5.65. The zero-order chi connectivity index (χ0) is 10.3. The normalized spacial score (nSPS) is 12.0. The summed E-state index contributed by atoms with van der Waals surface area (Å²) in [7, 11) is 0. The lowest BCUT2D eigenvalue weighted by atomic mass is 10.1. The lowest BCUT2D eigenvalue weighted by Gasteiger charge is -2.28. The van der Waals surface area contributed by atoms with Crippen LogP contribution in [-0.4, -0.2) is 29.9 Å². The Hall–Kier alpha value is 0.250. The van der Waals surface area contributed by atoms with Crippen molar-refractivity contribution in [2.24, 2.45) is 5.92 Å². The predicted molar refractivity (Wildman–Crippen MR) is 61.5 cm³/mol. The fourth-order valence-electron chi connectivity index (χ4n) is 1.44. The fraction of sp³-hybridized carbons (Fsp3) is 1.00. The quantitative estimate of drug-likeness (QED) is 0.455. The first kappa shape index (κ1) is 13.2. The average molecular weight is 206 g/mol. The Bertz CT molecular complexity index is 113. The van der Waals surface area contributed by atoms with E-state index in [0.29, 0.717) is 6.04 Å². The van der Waals surface area contributed by atoms with Crippen LogP contribution in [0.2, 0.25) is 0 Å². The van der Waals surface area contributed by atoms with Gasteiger partial charge in [0, 0.05) is 18.5 Å². The number of alkyl halides is 1. The summed E-state index contributed by atoms with van der Waals surface area (Å²) in [5.41, 5.74) is 0. The standard InChI is InChI=1S/C11H24ClN/c1-10(2)9-13(11(3)4)8-6-5-7-12/h10-11H,5-9H2,1-4H3. The van der Waals surface area contributed by atoms with Crippen LogP contribution in [0, 0.1) is 5.92 Å². The summed E-state index contributed by atoms with van der Waals surface area (Å²) in [6, 6.07) is 0.665. The first-order chi connectivity index (χ1) is 6.07. The van der Waals surface area contributed by atoms with E-state index in [1.54, 1.807) is 0 Å². The molecule has 0 saturated heterocycles. The van der Waals surface area contributed by atoms with Crippen LogP contribution in [0.4, 0.5) is 0 Å². The summed E-state index contributed by atoms with van der Waals surface area (Å²) < 4.78 is 0. The highest BCUT2D eigenvalue weighted by atomic mass is 35.5. The van der Waals surface area contributed by atoms with Gasteiger partial charge in [0.05, 0.1) is 0 Å². The molecular weight excluding hydrogens is 182 g/mol. The van der Waals surface area contributed by atoms with Crippen LogP contribution in [-0.2, 0) is 0 Å². The molecule has 0 bridgehead atoms. The summed E-state index contributed by atoms with van der Waals surface area (Å²) in [6.45, 7) is 11.5. The van der Waals surface area contributed by atoms with Crippen molar-refractivity contribution in [1.82, 2.24) is 4.90 Å². The Morgan fingerprint density at radius 2 is 1.69 bits per heavy atom. The third kappa shape index (κ3) is 7.33. The molecule has 0 radical (unpaired) electrons. The molecule has 0 heterocycles. The summed E-state index contributed by atoms with van der Waals surface area (Å²) in [5.74, 6) is 1.56. The summed E-state index contributed by atoms with van der Waals surface area (Å²) in [4.78, 5) is 2.54. The summed E-state index contributed by atoms with van der Waals surface area (Å²) in [6.07, 6.45) is 2.37. The highest BCUT2D eigenvalue weighted by Gasteiger charge is 2.09. The van der Waals surface area contributed by atoms with Crippen molar-refractivity contribution in [2.75, 3.05) is 19.0 Å². The van der Waals surface area contributed by atoms with Crippen LogP contribution >= 0.6 is 11.6 Å². The van der Waals surface area contributed by atoms with Gasteiger partial charge in [0.1, 0.15) is 0 Å². The van der Waals surface area contributed by atoms with Crippen LogP contribution < -0.4 is 0 Å². The lowest BCUT2D eigenvalue weighted by Crippen LogP contribution is -2.35. The van der Waals surface area contributed by atoms with Gasteiger partial charge in [-0.3, -0.25) is 0 Å².